The quantitative estimate of drug-likeness (QED) is 0.453. The maximum absolute atomic E-state index is 13.4. The molecule has 3 aromatic carbocycles. The molecule has 0 saturated heterocycles. The molecule has 1 N–H and O–H groups in total. The Kier molecular flexibility index (Phi) is 5.71. The maximum atomic E-state index is 13.4. The van der Waals surface area contributed by atoms with Gasteiger partial charge in [0.25, 0.3) is 5.56 Å². The number of hydrogen-bond donors (Lipinski definition) is 1. The first-order valence-electron chi connectivity index (χ1n) is 9.86. The molecular weight excluding hydrogens is 390 g/mol. The van der Waals surface area contributed by atoms with E-state index >= 15 is 0 Å². The Morgan fingerprint density at radius 1 is 0.903 bits per heavy atom. The van der Waals surface area contributed by atoms with E-state index in [-0.39, 0.29) is 5.56 Å². The standard InChI is InChI=1S/C25H23N3O3/c1-17(26-21-15-14-20(30-2)16-22(21)31-3)23-24(18-10-6-4-7-11-18)27-28(25(23)29)19-12-8-5-9-13-19/h4-16,27H,1-3H3. The van der Waals surface area contributed by atoms with E-state index in [0.29, 0.717) is 34.2 Å². The van der Waals surface area contributed by atoms with E-state index in [1.807, 2.05) is 79.7 Å². The minimum Gasteiger partial charge on any atom is -0.497 e. The minimum atomic E-state index is -0.168. The zero-order valence-corrected chi connectivity index (χ0v) is 17.6. The van der Waals surface area contributed by atoms with Crippen LogP contribution in [0, 0.1) is 0 Å². The van der Waals surface area contributed by atoms with Crippen LogP contribution < -0.4 is 15.0 Å². The van der Waals surface area contributed by atoms with Crippen molar-refractivity contribution in [3.05, 3.63) is 94.8 Å². The maximum Gasteiger partial charge on any atom is 0.280 e. The fraction of sp³-hybridized carbons (Fsp3) is 0.120. The molecule has 0 amide bonds. The summed E-state index contributed by atoms with van der Waals surface area (Å²) in [5.74, 6) is 1.24. The van der Waals surface area contributed by atoms with Gasteiger partial charge in [-0.25, -0.2) is 9.67 Å². The van der Waals surface area contributed by atoms with Crippen molar-refractivity contribution in [3.8, 4) is 28.4 Å². The Labute approximate surface area is 180 Å². The zero-order valence-electron chi connectivity index (χ0n) is 17.6. The predicted octanol–water partition coefficient (Wildman–Crippen LogP) is 4.99. The van der Waals surface area contributed by atoms with Gasteiger partial charge in [0, 0.05) is 11.6 Å². The number of nitrogens with zero attached hydrogens (tertiary/aromatic N) is 2. The van der Waals surface area contributed by atoms with Crippen LogP contribution in [-0.2, 0) is 0 Å². The molecule has 0 radical (unpaired) electrons. The molecule has 0 atom stereocenters. The topological polar surface area (TPSA) is 68.6 Å². The van der Waals surface area contributed by atoms with Gasteiger partial charge in [-0.3, -0.25) is 9.89 Å². The lowest BCUT2D eigenvalue weighted by Gasteiger charge is -2.08. The number of hydrogen-bond acceptors (Lipinski definition) is 4. The van der Waals surface area contributed by atoms with E-state index in [2.05, 4.69) is 5.10 Å². The molecule has 0 saturated carbocycles. The smallest absolute Gasteiger partial charge is 0.280 e. The normalized spacial score (nSPS) is 11.4. The average Bonchev–Trinajstić information content (AvgIpc) is 3.17. The lowest BCUT2D eigenvalue weighted by Crippen LogP contribution is -2.19. The van der Waals surface area contributed by atoms with E-state index in [0.717, 1.165) is 11.3 Å². The molecule has 0 bridgehead atoms. The molecule has 1 heterocycles. The summed E-state index contributed by atoms with van der Waals surface area (Å²) in [5, 5.41) is 3.27. The molecule has 156 valence electrons. The first-order valence-corrected chi connectivity index (χ1v) is 9.86. The first kappa shape index (κ1) is 20.2. The first-order chi connectivity index (χ1) is 15.1. The molecule has 6 heteroatoms. The number of methoxy groups -OCH3 is 2. The Hall–Kier alpha value is -4.06. The van der Waals surface area contributed by atoms with E-state index in [1.54, 1.807) is 25.0 Å². The van der Waals surface area contributed by atoms with Crippen LogP contribution in [0.3, 0.4) is 0 Å². The fourth-order valence-corrected chi connectivity index (χ4v) is 3.46. The van der Waals surface area contributed by atoms with Gasteiger partial charge >= 0.3 is 0 Å². The van der Waals surface area contributed by atoms with Gasteiger partial charge < -0.3 is 9.47 Å². The number of rotatable bonds is 6. The van der Waals surface area contributed by atoms with Crippen molar-refractivity contribution >= 4 is 11.4 Å². The fourth-order valence-electron chi connectivity index (χ4n) is 3.46. The highest BCUT2D eigenvalue weighted by molar-refractivity contribution is 6.05. The second kappa shape index (κ2) is 8.75. The largest absolute Gasteiger partial charge is 0.497 e. The molecule has 0 aliphatic heterocycles. The van der Waals surface area contributed by atoms with Gasteiger partial charge in [-0.2, -0.15) is 0 Å². The highest BCUT2D eigenvalue weighted by Crippen LogP contribution is 2.32. The average molecular weight is 413 g/mol. The summed E-state index contributed by atoms with van der Waals surface area (Å²) in [6.07, 6.45) is 0. The van der Waals surface area contributed by atoms with Crippen LogP contribution >= 0.6 is 0 Å². The minimum absolute atomic E-state index is 0.168. The van der Waals surface area contributed by atoms with Crippen LogP contribution in [0.4, 0.5) is 5.69 Å². The van der Waals surface area contributed by atoms with Crippen LogP contribution in [0.1, 0.15) is 12.5 Å². The monoisotopic (exact) mass is 413 g/mol. The Morgan fingerprint density at radius 2 is 1.58 bits per heavy atom. The van der Waals surface area contributed by atoms with Gasteiger partial charge in [0.1, 0.15) is 17.2 Å². The van der Waals surface area contributed by atoms with Crippen molar-refractivity contribution in [2.75, 3.05) is 14.2 Å². The Balaban J connectivity index is 1.90. The number of aromatic amines is 1. The SMILES string of the molecule is COc1ccc(N=C(C)c2c(-c3ccccc3)[nH]n(-c3ccccc3)c2=O)c(OC)c1. The van der Waals surface area contributed by atoms with Crippen LogP contribution in [0.15, 0.2) is 88.6 Å². The summed E-state index contributed by atoms with van der Waals surface area (Å²) in [6, 6.07) is 24.6. The van der Waals surface area contributed by atoms with Gasteiger partial charge in [0.15, 0.2) is 0 Å². The number of ether oxygens (including phenoxy) is 2. The van der Waals surface area contributed by atoms with Crippen molar-refractivity contribution in [1.29, 1.82) is 0 Å². The van der Waals surface area contributed by atoms with Gasteiger partial charge in [-0.1, -0.05) is 48.5 Å². The molecule has 0 aliphatic rings. The third kappa shape index (κ3) is 4.00. The van der Waals surface area contributed by atoms with Crippen molar-refractivity contribution < 1.29 is 9.47 Å². The molecule has 0 fully saturated rings. The van der Waals surface area contributed by atoms with Crippen molar-refractivity contribution in [2.45, 2.75) is 6.92 Å². The van der Waals surface area contributed by atoms with E-state index in [1.165, 1.54) is 0 Å². The number of nitrogens with one attached hydrogen (secondary N) is 1. The molecule has 4 aromatic rings. The molecule has 0 spiro atoms. The Morgan fingerprint density at radius 3 is 2.23 bits per heavy atom. The highest BCUT2D eigenvalue weighted by Gasteiger charge is 2.19. The molecule has 0 unspecified atom stereocenters. The summed E-state index contributed by atoms with van der Waals surface area (Å²) >= 11 is 0. The van der Waals surface area contributed by atoms with Gasteiger partial charge in [-0.15, -0.1) is 0 Å². The lowest BCUT2D eigenvalue weighted by atomic mass is 10.1. The Bertz CT molecular complexity index is 1270. The van der Waals surface area contributed by atoms with Crippen LogP contribution in [0.5, 0.6) is 11.5 Å². The number of aliphatic imine (C=N–C) groups is 1. The third-order valence-corrected chi connectivity index (χ3v) is 5.00. The number of aromatic nitrogens is 2. The van der Waals surface area contributed by atoms with E-state index in [9.17, 15) is 4.79 Å². The molecule has 6 nitrogen and oxygen atoms in total. The lowest BCUT2D eigenvalue weighted by molar-refractivity contribution is 0.395. The second-order valence-corrected chi connectivity index (χ2v) is 6.94. The summed E-state index contributed by atoms with van der Waals surface area (Å²) in [7, 11) is 3.18. The molecule has 1 aromatic heterocycles. The zero-order chi connectivity index (χ0) is 21.8. The molecule has 0 aliphatic carbocycles. The number of H-pyrrole nitrogens is 1. The van der Waals surface area contributed by atoms with E-state index < -0.39 is 0 Å². The van der Waals surface area contributed by atoms with E-state index in [4.69, 9.17) is 14.5 Å². The van der Waals surface area contributed by atoms with Crippen LogP contribution in [0.2, 0.25) is 0 Å². The number of para-hydroxylation sites is 1. The predicted molar refractivity (Wildman–Crippen MR) is 123 cm³/mol. The van der Waals surface area contributed by atoms with Crippen molar-refractivity contribution in [1.82, 2.24) is 9.78 Å². The van der Waals surface area contributed by atoms with Gasteiger partial charge in [0.2, 0.25) is 0 Å². The number of benzene rings is 3. The highest BCUT2D eigenvalue weighted by atomic mass is 16.5. The van der Waals surface area contributed by atoms with Gasteiger partial charge in [-0.05, 0) is 31.2 Å². The van der Waals surface area contributed by atoms with Crippen LogP contribution in [0.25, 0.3) is 16.9 Å². The van der Waals surface area contributed by atoms with Crippen LogP contribution in [-0.4, -0.2) is 29.7 Å². The van der Waals surface area contributed by atoms with Gasteiger partial charge in [0.05, 0.1) is 36.9 Å². The summed E-state index contributed by atoms with van der Waals surface area (Å²) in [4.78, 5) is 18.2. The molecular formula is C25H23N3O3. The van der Waals surface area contributed by atoms with Crippen molar-refractivity contribution in [2.24, 2.45) is 4.99 Å². The molecule has 31 heavy (non-hydrogen) atoms. The second-order valence-electron chi connectivity index (χ2n) is 6.94. The summed E-state index contributed by atoms with van der Waals surface area (Å²) in [5.41, 5.74) is 3.91. The van der Waals surface area contributed by atoms with Crippen molar-refractivity contribution in [3.63, 3.8) is 0 Å². The molecule has 4 rings (SSSR count). The summed E-state index contributed by atoms with van der Waals surface area (Å²) in [6.45, 7) is 1.83. The summed E-state index contributed by atoms with van der Waals surface area (Å²) < 4.78 is 12.3. The third-order valence-electron chi connectivity index (χ3n) is 5.00.